The van der Waals surface area contributed by atoms with E-state index in [2.05, 4.69) is 260 Å². The van der Waals surface area contributed by atoms with E-state index < -0.39 is 11.1 Å². The van der Waals surface area contributed by atoms with Gasteiger partial charge < -0.3 is 14.6 Å². The molecule has 8 aromatic carbocycles. The number of nitrogens with zero attached hydrogens (tertiary/aromatic N) is 9. The number of aryl methyl sites for hydroxylation is 3. The van der Waals surface area contributed by atoms with E-state index in [1.54, 1.807) is 62.1 Å². The fraction of sp³-hybridized carbons (Fsp3) is 0.451. The predicted molar refractivity (Wildman–Crippen MR) is 592 cm³/mol. The molecule has 11 nitrogen and oxygen atoms in total. The number of allylic oxidation sites excluding steroid dienone is 1. The van der Waals surface area contributed by atoms with Crippen LogP contribution >= 0.6 is 36.2 Å². The molecule has 2 aromatic heterocycles. The maximum Gasteiger partial charge on any atom is 0.272 e. The quantitative estimate of drug-likeness (QED) is 0.0635. The Hall–Kier alpha value is -10.7. The molecule has 2 saturated heterocycles. The van der Waals surface area contributed by atoms with E-state index in [1.165, 1.54) is 154 Å². The van der Waals surface area contributed by atoms with Crippen LogP contribution in [0.2, 0.25) is 0 Å². The summed E-state index contributed by atoms with van der Waals surface area (Å²) < 4.78 is 42.3. The molecule has 4 fully saturated rings. The molecule has 17 heteroatoms. The zero-order chi connectivity index (χ0) is 103. The first-order chi connectivity index (χ1) is 64.8. The molecule has 0 bridgehead atoms. The standard InChI is InChI=1S/C25H24N2S.C23H23FN4OS.C23H24FN3OS.C12H18.C10H13F.C10H20.C10H14.C9H20/c1-25(2,3)22-9-4-5-10-24(22)28-20-12-13-21-18(16-20)17-27-23(21)14-11-19-8-6-7-15-26-19;1-14-11-16(13-26-19(14)25-5)27-20(29)23(9-6-10-23)28(21(27)30)15-7-8-17(18(24)12-15)22(2,3)4;1-14-12-15(9-11-19(14)25-7)26-20(28)23(5,6)27(21(26)29)16-8-10-17(18(24)13-16)22(2,3)4;1-12(2,3)10-9-11-7-5-4-6-8-11;1-10(2,3)8-4-6-9(11)7-5-8;2*1-10(2,3)9-7-5-4-6-8-9;1-5-6-7-8-9(2,3)4/h4-16H,17H2,1-3H3;7-8,11-13H,6,9-10H2,1-4H3;8-13H,1-6H3;4-8H,9-10H2,1-3H3;4-7H,1-3H3;9H,4-8H2,1-3H3;4-8H,1-3H3;5-8H2,1-4H3/b14-11+;;;;;;;. The number of benzene rings is 8. The van der Waals surface area contributed by atoms with Gasteiger partial charge in [-0.15, -0.1) is 4.98 Å². The Balaban J connectivity index is 0.000000205. The Morgan fingerprint density at radius 2 is 1.01 bits per heavy atom. The van der Waals surface area contributed by atoms with Crippen LogP contribution in [0, 0.1) is 66.6 Å². The third kappa shape index (κ3) is 32.2. The first-order valence-electron chi connectivity index (χ1n) is 49.5. The number of halogens is 3. The average Bonchev–Trinajstić information content (AvgIpc) is 1.58. The van der Waals surface area contributed by atoms with Crippen molar-refractivity contribution in [1.29, 1.82) is 0 Å². The number of amides is 2. The van der Waals surface area contributed by atoms with Crippen LogP contribution in [-0.2, 0) is 49.6 Å². The van der Waals surface area contributed by atoms with E-state index in [4.69, 9.17) is 42.6 Å². The summed E-state index contributed by atoms with van der Waals surface area (Å²) in [6.45, 7) is 77.0. The number of aromatic nitrogens is 2. The van der Waals surface area contributed by atoms with Gasteiger partial charge in [0.1, 0.15) is 34.7 Å². The second kappa shape index (κ2) is 48.7. The molecule has 15 rings (SSSR count). The molecular formula is C122H156F3N9O2S3. The maximum atomic E-state index is 14.9. The highest BCUT2D eigenvalue weighted by molar-refractivity contribution is 7.99. The summed E-state index contributed by atoms with van der Waals surface area (Å²) in [5.41, 5.74) is 15.1. The molecular weight excluding hydrogens is 1780 g/mol. The van der Waals surface area contributed by atoms with Crippen molar-refractivity contribution in [2.24, 2.45) is 27.2 Å². The molecule has 0 unspecified atom stereocenters. The lowest BCUT2D eigenvalue weighted by atomic mass is 9.72. The van der Waals surface area contributed by atoms with E-state index in [1.807, 2.05) is 120 Å². The van der Waals surface area contributed by atoms with Crippen molar-refractivity contribution in [3.05, 3.63) is 326 Å². The fourth-order valence-corrected chi connectivity index (χ4v) is 19.4. The lowest BCUT2D eigenvalue weighted by Crippen LogP contribution is -2.55. The molecule has 740 valence electrons. The van der Waals surface area contributed by atoms with Crippen LogP contribution in [0.5, 0.6) is 0 Å². The number of anilines is 4. The normalized spacial score (nSPS) is 15.2. The number of aliphatic imine (C=N–C) groups is 1. The maximum absolute atomic E-state index is 14.9. The van der Waals surface area contributed by atoms with Gasteiger partial charge >= 0.3 is 0 Å². The number of fused-ring (bicyclic) bond motifs is 1. The SMILES string of the molecule is CC(C)(C)C1CCCCC1.CC(C)(C)CCc1ccccc1.CC(C)(C)c1ccc(F)cc1.CC(C)(C)c1ccccc1.CC(C)(C)c1ccccc1Sc1ccc2c(c1)CN=C2/C=C/c1ccccn1.CCCCCC(C)(C)C.[C-]#[N+]c1ccc(N2C(=O)C(C)(C)N(c3ccc(C(C)(C)C)c(F)c3)C2=S)cc1C.[C-]#[N+]c1ncc(N2C(=O)C3(CCC3)N(c3ccc(C(C)(C)C)c(F)c3)C2=S)cc1C. The topological polar surface area (TPSA) is 94.0 Å². The Labute approximate surface area is 849 Å². The summed E-state index contributed by atoms with van der Waals surface area (Å²) in [4.78, 5) is 55.8. The van der Waals surface area contributed by atoms with Crippen LogP contribution in [0.3, 0.4) is 0 Å². The van der Waals surface area contributed by atoms with E-state index in [-0.39, 0.29) is 56.0 Å². The second-order valence-electron chi connectivity index (χ2n) is 46.4. The lowest BCUT2D eigenvalue weighted by molar-refractivity contribution is -0.124. The van der Waals surface area contributed by atoms with Crippen molar-refractivity contribution in [3.63, 3.8) is 0 Å². The number of carbonyl (C=O) groups is 2. The number of thiocarbonyl (C=S) groups is 2. The van der Waals surface area contributed by atoms with Gasteiger partial charge in [0.25, 0.3) is 17.6 Å². The first-order valence-corrected chi connectivity index (χ1v) is 51.2. The molecule has 139 heavy (non-hydrogen) atoms. The number of unbranched alkanes of at least 4 members (excludes halogenated alkanes) is 2. The van der Waals surface area contributed by atoms with Crippen molar-refractivity contribution in [2.45, 2.75) is 345 Å². The van der Waals surface area contributed by atoms with Crippen LogP contribution in [-0.4, -0.2) is 48.8 Å². The molecule has 3 aliphatic heterocycles. The number of rotatable bonds is 13. The third-order valence-corrected chi connectivity index (χ3v) is 27.6. The number of hydrogen-bond donors (Lipinski definition) is 0. The summed E-state index contributed by atoms with van der Waals surface area (Å²) in [7, 11) is 0. The van der Waals surface area contributed by atoms with Crippen LogP contribution in [0.4, 0.5) is 47.4 Å². The lowest BCUT2D eigenvalue weighted by Gasteiger charge is -2.43. The highest BCUT2D eigenvalue weighted by atomic mass is 32.2. The zero-order valence-electron chi connectivity index (χ0n) is 88.8. The van der Waals surface area contributed by atoms with Crippen molar-refractivity contribution in [2.75, 3.05) is 19.6 Å². The number of hydrogen-bond acceptors (Lipinski definition) is 8. The summed E-state index contributed by atoms with van der Waals surface area (Å²) in [6.07, 6.45) is 25.0. The summed E-state index contributed by atoms with van der Waals surface area (Å²) in [5.74, 6) is 0.193. The van der Waals surface area contributed by atoms with Crippen LogP contribution in [0.1, 0.15) is 332 Å². The van der Waals surface area contributed by atoms with Gasteiger partial charge in [0.15, 0.2) is 15.9 Å². The smallest absolute Gasteiger partial charge is 0.272 e. The Morgan fingerprint density at radius 1 is 0.489 bits per heavy atom. The molecule has 0 N–H and O–H groups in total. The van der Waals surface area contributed by atoms with Crippen molar-refractivity contribution in [1.82, 2.24) is 9.97 Å². The predicted octanol–water partition coefficient (Wildman–Crippen LogP) is 34.9. The summed E-state index contributed by atoms with van der Waals surface area (Å²) >= 11 is 13.2. The van der Waals surface area contributed by atoms with Crippen LogP contribution in [0.15, 0.2) is 240 Å². The molecule has 2 amide bonds. The van der Waals surface area contributed by atoms with Crippen LogP contribution < -0.4 is 19.6 Å². The number of carbonyl (C=O) groups excluding carboxylic acids is 2. The van der Waals surface area contributed by atoms with E-state index in [0.29, 0.717) is 90.6 Å². The largest absolute Gasteiger partial charge is 0.360 e. The Bertz CT molecular complexity index is 5930. The van der Waals surface area contributed by atoms with Gasteiger partial charge in [-0.05, 0) is 300 Å². The molecule has 2 aliphatic carbocycles. The molecule has 0 radical (unpaired) electrons. The van der Waals surface area contributed by atoms with Gasteiger partial charge in [0, 0.05) is 38.6 Å². The van der Waals surface area contributed by atoms with Gasteiger partial charge in [-0.25, -0.2) is 18.0 Å². The van der Waals surface area contributed by atoms with Gasteiger partial charge in [0.2, 0.25) is 0 Å². The minimum atomic E-state index is -0.973. The highest BCUT2D eigenvalue weighted by Crippen LogP contribution is 2.50. The van der Waals surface area contributed by atoms with E-state index in [0.717, 1.165) is 35.9 Å². The molecule has 0 atom stereocenters. The minimum Gasteiger partial charge on any atom is -0.360 e. The Kier molecular flexibility index (Phi) is 39.8. The first kappa shape index (κ1) is 114. The summed E-state index contributed by atoms with van der Waals surface area (Å²) in [5, 5.41) is 0.609. The molecule has 1 spiro atoms. The van der Waals surface area contributed by atoms with Gasteiger partial charge in [-0.2, -0.15) is 0 Å². The van der Waals surface area contributed by atoms with Crippen LogP contribution in [0.25, 0.3) is 15.8 Å². The fourth-order valence-electron chi connectivity index (χ4n) is 17.1. The van der Waals surface area contributed by atoms with E-state index >= 15 is 0 Å². The van der Waals surface area contributed by atoms with E-state index in [9.17, 15) is 22.8 Å². The Morgan fingerprint density at radius 3 is 1.48 bits per heavy atom. The monoisotopic (exact) mass is 1930 g/mol. The van der Waals surface area contributed by atoms with Gasteiger partial charge in [-0.3, -0.25) is 29.4 Å². The third-order valence-electron chi connectivity index (χ3n) is 25.8. The van der Waals surface area contributed by atoms with Gasteiger partial charge in [0.05, 0.1) is 30.2 Å². The molecule has 10 aromatic rings. The summed E-state index contributed by atoms with van der Waals surface area (Å²) in [6, 6.07) is 66.3. The minimum absolute atomic E-state index is 0.115. The highest BCUT2D eigenvalue weighted by Gasteiger charge is 2.60. The number of pyridine rings is 2. The molecule has 5 heterocycles. The van der Waals surface area contributed by atoms with Crippen molar-refractivity contribution >= 4 is 104 Å². The van der Waals surface area contributed by atoms with Crippen molar-refractivity contribution in [3.8, 4) is 0 Å². The second-order valence-corrected chi connectivity index (χ2v) is 48.3. The van der Waals surface area contributed by atoms with Gasteiger partial charge in [-0.1, -0.05) is 351 Å². The average molecular weight is 1930 g/mol. The zero-order valence-corrected chi connectivity index (χ0v) is 91.3. The molecule has 5 aliphatic rings. The molecule has 2 saturated carbocycles. The van der Waals surface area contributed by atoms with Crippen molar-refractivity contribution < 1.29 is 22.8 Å².